The molecule has 0 spiro atoms. The second-order valence-corrected chi connectivity index (χ2v) is 5.18. The summed E-state index contributed by atoms with van der Waals surface area (Å²) in [6.07, 6.45) is -5.15. The molecule has 8 heteroatoms. The molecule has 1 atom stereocenters. The van der Waals surface area contributed by atoms with Crippen molar-refractivity contribution < 1.29 is 17.6 Å². The van der Waals surface area contributed by atoms with Gasteiger partial charge in [-0.25, -0.2) is 0 Å². The summed E-state index contributed by atoms with van der Waals surface area (Å²) in [5.41, 5.74) is 0.773. The molecule has 0 aliphatic carbocycles. The number of fused-ring (bicyclic) bond motifs is 1. The third-order valence-electron chi connectivity index (χ3n) is 3.23. The summed E-state index contributed by atoms with van der Waals surface area (Å²) in [5, 5.41) is 6.97. The Morgan fingerprint density at radius 3 is 2.62 bits per heavy atom. The van der Waals surface area contributed by atoms with Crippen molar-refractivity contribution >= 4 is 40.9 Å². The third-order valence-corrected chi connectivity index (χ3v) is 3.23. The standard InChI is InChI=1S/C16H20F3N3O.HI/c1-3-20-15(21-9-8-16(17,18)19)22-11(2)14-10-12-6-4-5-7-13(12)23-14;/h4-7,10-11H,3,8-9H2,1-2H3,(H2,20,21,22);1H. The van der Waals surface area contributed by atoms with Crippen LogP contribution in [-0.4, -0.2) is 25.2 Å². The molecule has 134 valence electrons. The van der Waals surface area contributed by atoms with Crippen LogP contribution in [0.1, 0.15) is 32.1 Å². The summed E-state index contributed by atoms with van der Waals surface area (Å²) in [4.78, 5) is 3.95. The van der Waals surface area contributed by atoms with Gasteiger partial charge in [0, 0.05) is 11.9 Å². The molecule has 1 aromatic heterocycles. The van der Waals surface area contributed by atoms with E-state index >= 15 is 0 Å². The van der Waals surface area contributed by atoms with Crippen molar-refractivity contribution in [3.8, 4) is 0 Å². The zero-order valence-corrected chi connectivity index (χ0v) is 15.8. The lowest BCUT2D eigenvalue weighted by Crippen LogP contribution is -2.38. The first-order valence-electron chi connectivity index (χ1n) is 7.49. The van der Waals surface area contributed by atoms with Crippen LogP contribution < -0.4 is 10.6 Å². The Morgan fingerprint density at radius 1 is 1.29 bits per heavy atom. The van der Waals surface area contributed by atoms with Crippen molar-refractivity contribution in [3.05, 3.63) is 36.1 Å². The number of nitrogens with one attached hydrogen (secondary N) is 2. The lowest BCUT2D eigenvalue weighted by atomic mass is 10.2. The van der Waals surface area contributed by atoms with Crippen LogP contribution in [0.4, 0.5) is 13.2 Å². The smallest absolute Gasteiger partial charge is 0.390 e. The summed E-state index contributed by atoms with van der Waals surface area (Å²) in [5.74, 6) is 1.04. The van der Waals surface area contributed by atoms with E-state index in [2.05, 4.69) is 15.6 Å². The minimum absolute atomic E-state index is 0. The lowest BCUT2D eigenvalue weighted by Gasteiger charge is -2.16. The molecule has 0 amide bonds. The van der Waals surface area contributed by atoms with Gasteiger partial charge in [0.05, 0.1) is 19.0 Å². The van der Waals surface area contributed by atoms with Gasteiger partial charge in [0.25, 0.3) is 0 Å². The van der Waals surface area contributed by atoms with E-state index in [1.165, 1.54) is 0 Å². The van der Waals surface area contributed by atoms with E-state index in [1.807, 2.05) is 44.2 Å². The number of nitrogens with zero attached hydrogens (tertiary/aromatic N) is 1. The number of benzene rings is 1. The summed E-state index contributed by atoms with van der Waals surface area (Å²) >= 11 is 0. The Labute approximate surface area is 155 Å². The number of para-hydroxylation sites is 1. The maximum Gasteiger partial charge on any atom is 0.390 e. The lowest BCUT2D eigenvalue weighted by molar-refractivity contribution is -0.132. The molecule has 1 aromatic carbocycles. The molecule has 0 aliphatic heterocycles. The summed E-state index contributed by atoms with van der Waals surface area (Å²) in [6.45, 7) is 3.97. The zero-order chi connectivity index (χ0) is 16.9. The molecule has 1 heterocycles. The summed E-state index contributed by atoms with van der Waals surface area (Å²) < 4.78 is 42.4. The quantitative estimate of drug-likeness (QED) is 0.393. The molecule has 24 heavy (non-hydrogen) atoms. The van der Waals surface area contributed by atoms with Gasteiger partial charge in [0.1, 0.15) is 11.3 Å². The van der Waals surface area contributed by atoms with Crippen molar-refractivity contribution in [3.63, 3.8) is 0 Å². The third kappa shape index (κ3) is 6.21. The van der Waals surface area contributed by atoms with Gasteiger partial charge in [-0.05, 0) is 26.0 Å². The number of hydrogen-bond donors (Lipinski definition) is 2. The highest BCUT2D eigenvalue weighted by atomic mass is 127. The van der Waals surface area contributed by atoms with Crippen LogP contribution in [0.15, 0.2) is 39.7 Å². The molecule has 4 nitrogen and oxygen atoms in total. The first-order valence-corrected chi connectivity index (χ1v) is 7.49. The van der Waals surface area contributed by atoms with Crippen LogP contribution in [0.5, 0.6) is 0 Å². The van der Waals surface area contributed by atoms with Gasteiger partial charge in [0.2, 0.25) is 0 Å². The topological polar surface area (TPSA) is 49.6 Å². The average Bonchev–Trinajstić information content (AvgIpc) is 2.90. The van der Waals surface area contributed by atoms with Crippen LogP contribution in [0.2, 0.25) is 0 Å². The van der Waals surface area contributed by atoms with Crippen molar-refractivity contribution in [2.24, 2.45) is 4.99 Å². The van der Waals surface area contributed by atoms with E-state index in [1.54, 1.807) is 0 Å². The number of hydrogen-bond acceptors (Lipinski definition) is 2. The number of rotatable bonds is 5. The van der Waals surface area contributed by atoms with E-state index in [4.69, 9.17) is 4.42 Å². The van der Waals surface area contributed by atoms with Crippen LogP contribution in [0.3, 0.4) is 0 Å². The van der Waals surface area contributed by atoms with Gasteiger partial charge >= 0.3 is 6.18 Å². The van der Waals surface area contributed by atoms with Crippen LogP contribution in [0.25, 0.3) is 11.0 Å². The Morgan fingerprint density at radius 2 is 2.00 bits per heavy atom. The predicted octanol–water partition coefficient (Wildman–Crippen LogP) is 4.62. The first kappa shape index (κ1) is 20.6. The Bertz CT molecular complexity index is 637. The number of halogens is 4. The molecule has 2 aromatic rings. The molecule has 1 unspecified atom stereocenters. The maximum atomic E-state index is 12.2. The van der Waals surface area contributed by atoms with E-state index in [0.717, 1.165) is 11.0 Å². The number of guanidine groups is 1. The fraction of sp³-hybridized carbons (Fsp3) is 0.438. The molecule has 0 fully saturated rings. The van der Waals surface area contributed by atoms with Gasteiger partial charge < -0.3 is 15.1 Å². The number of alkyl halides is 3. The SMILES string of the molecule is CCNC(=NCCC(F)(F)F)NC(C)c1cc2ccccc2o1.I. The summed E-state index contributed by atoms with van der Waals surface area (Å²) in [6, 6.07) is 9.31. The number of furan rings is 1. The van der Waals surface area contributed by atoms with E-state index in [9.17, 15) is 13.2 Å². The van der Waals surface area contributed by atoms with Gasteiger partial charge in [-0.3, -0.25) is 4.99 Å². The Balaban J connectivity index is 0.00000288. The maximum absolute atomic E-state index is 12.2. The van der Waals surface area contributed by atoms with Gasteiger partial charge in [-0.15, -0.1) is 24.0 Å². The van der Waals surface area contributed by atoms with Gasteiger partial charge in [-0.2, -0.15) is 13.2 Å². The van der Waals surface area contributed by atoms with Crippen molar-refractivity contribution in [2.75, 3.05) is 13.1 Å². The second-order valence-electron chi connectivity index (χ2n) is 5.18. The molecule has 0 bridgehead atoms. The molecular weight excluding hydrogens is 434 g/mol. The van der Waals surface area contributed by atoms with Crippen LogP contribution >= 0.6 is 24.0 Å². The molecule has 2 rings (SSSR count). The first-order chi connectivity index (χ1) is 10.9. The molecule has 0 radical (unpaired) electrons. The Hall–Kier alpha value is -1.45. The largest absolute Gasteiger partial charge is 0.459 e. The normalized spacial score (nSPS) is 13.5. The fourth-order valence-electron chi connectivity index (χ4n) is 2.11. The van der Waals surface area contributed by atoms with Crippen LogP contribution in [-0.2, 0) is 0 Å². The molecular formula is C16H21F3IN3O. The highest BCUT2D eigenvalue weighted by molar-refractivity contribution is 14.0. The van der Waals surface area contributed by atoms with Crippen LogP contribution in [0, 0.1) is 0 Å². The molecule has 0 saturated carbocycles. The molecule has 0 aliphatic rings. The van der Waals surface area contributed by atoms with E-state index in [-0.39, 0.29) is 36.6 Å². The highest BCUT2D eigenvalue weighted by Crippen LogP contribution is 2.23. The molecule has 2 N–H and O–H groups in total. The van der Waals surface area contributed by atoms with Gasteiger partial charge in [-0.1, -0.05) is 18.2 Å². The van der Waals surface area contributed by atoms with Crippen molar-refractivity contribution in [1.29, 1.82) is 0 Å². The highest BCUT2D eigenvalue weighted by Gasteiger charge is 2.26. The number of aliphatic imine (C=N–C) groups is 1. The zero-order valence-electron chi connectivity index (χ0n) is 13.5. The summed E-state index contributed by atoms with van der Waals surface area (Å²) in [7, 11) is 0. The predicted molar refractivity (Wildman–Crippen MR) is 99.8 cm³/mol. The Kier molecular flexibility index (Phi) is 7.85. The minimum Gasteiger partial charge on any atom is -0.459 e. The second kappa shape index (κ2) is 9.14. The fourth-order valence-corrected chi connectivity index (χ4v) is 2.11. The molecule has 0 saturated heterocycles. The van der Waals surface area contributed by atoms with Gasteiger partial charge in [0.15, 0.2) is 5.96 Å². The minimum atomic E-state index is -4.20. The van der Waals surface area contributed by atoms with Crippen molar-refractivity contribution in [2.45, 2.75) is 32.5 Å². The van der Waals surface area contributed by atoms with E-state index < -0.39 is 12.6 Å². The monoisotopic (exact) mass is 455 g/mol. The van der Waals surface area contributed by atoms with Crippen molar-refractivity contribution in [1.82, 2.24) is 10.6 Å². The van der Waals surface area contributed by atoms with E-state index in [0.29, 0.717) is 18.3 Å². The average molecular weight is 455 g/mol.